The van der Waals surface area contributed by atoms with E-state index in [9.17, 15) is 57.2 Å². The van der Waals surface area contributed by atoms with Crippen LogP contribution in [-0.4, -0.2) is 137 Å². The van der Waals surface area contributed by atoms with Crippen LogP contribution < -0.4 is 9.64 Å². The van der Waals surface area contributed by atoms with E-state index in [1.54, 1.807) is 68.8 Å². The Balaban J connectivity index is 0.000000156. The normalized spacial score (nSPS) is 12.4. The molecule has 0 bridgehead atoms. The van der Waals surface area contributed by atoms with Gasteiger partial charge in [-0.1, -0.05) is 84.5 Å². The lowest BCUT2D eigenvalue weighted by atomic mass is 10.0. The first-order valence-corrected chi connectivity index (χ1v) is 42.4. The van der Waals surface area contributed by atoms with E-state index in [1.807, 2.05) is 110 Å². The summed E-state index contributed by atoms with van der Waals surface area (Å²) in [5, 5.41) is 6.68. The number of carbonyl (C=O) groups excluding carboxylic acids is 3. The van der Waals surface area contributed by atoms with Gasteiger partial charge in [-0.05, 0) is 133 Å². The number of nitrogens with zero attached hydrogens (tertiary/aromatic N) is 10. The molecule has 0 unspecified atom stereocenters. The first kappa shape index (κ1) is 85.8. The summed E-state index contributed by atoms with van der Waals surface area (Å²) in [5.41, 5.74) is 9.56. The largest absolute Gasteiger partial charge is 0.481 e. The van der Waals surface area contributed by atoms with Gasteiger partial charge in [-0.3, -0.25) is 24.4 Å². The molecule has 0 atom stereocenters. The molecule has 6 aromatic carbocycles. The van der Waals surface area contributed by atoms with E-state index in [0.717, 1.165) is 92.9 Å². The molecule has 1 aliphatic heterocycles. The van der Waals surface area contributed by atoms with Gasteiger partial charge in [0.25, 0.3) is 0 Å². The summed E-state index contributed by atoms with van der Waals surface area (Å²) in [6, 6.07) is 47.1. The molecule has 121 heavy (non-hydrogen) atoms. The van der Waals surface area contributed by atoms with Gasteiger partial charge in [-0.25, -0.2) is 61.6 Å². The minimum Gasteiger partial charge on any atom is -0.481 e. The number of methoxy groups -OCH3 is 1. The van der Waals surface area contributed by atoms with Gasteiger partial charge in [-0.2, -0.15) is 0 Å². The predicted molar refractivity (Wildman–Crippen MR) is 442 cm³/mol. The van der Waals surface area contributed by atoms with Gasteiger partial charge in [0.05, 0.1) is 91.9 Å². The molecule has 0 spiro atoms. The van der Waals surface area contributed by atoms with Crippen molar-refractivity contribution in [3.05, 3.63) is 305 Å². The molecule has 15 aromatic rings. The summed E-state index contributed by atoms with van der Waals surface area (Å²) in [6.07, 6.45) is 9.78. The number of pyridine rings is 4. The highest BCUT2D eigenvalue weighted by atomic mass is 32.2. The minimum absolute atomic E-state index is 0. The molecule has 0 saturated carbocycles. The minimum atomic E-state index is -4.28. The summed E-state index contributed by atoms with van der Waals surface area (Å²) < 4.78 is 193. The smallest absolute Gasteiger partial charge is 0.221 e. The van der Waals surface area contributed by atoms with Crippen LogP contribution in [0.5, 0.6) is 5.88 Å². The molecule has 0 amide bonds. The lowest BCUT2D eigenvalue weighted by Crippen LogP contribution is -2.36. The van der Waals surface area contributed by atoms with Crippen molar-refractivity contribution in [1.82, 2.24) is 44.0 Å². The van der Waals surface area contributed by atoms with Crippen LogP contribution in [0.3, 0.4) is 0 Å². The number of fused-ring (bicyclic) bond motifs is 3. The number of aromatic nitrogens is 9. The Kier molecular flexibility index (Phi) is 26.0. The molecular formula is C89H78F6N10O13S3. The Labute approximate surface area is 691 Å². The molecule has 1 aliphatic rings. The van der Waals surface area contributed by atoms with Crippen LogP contribution >= 0.6 is 0 Å². The maximum Gasteiger partial charge on any atom is 0.221 e. The number of benzene rings is 6. The number of halogens is 6. The lowest BCUT2D eigenvalue weighted by Gasteiger charge is -2.27. The van der Waals surface area contributed by atoms with E-state index in [0.29, 0.717) is 65.9 Å². The van der Waals surface area contributed by atoms with Crippen LogP contribution in [-0.2, 0) is 87.5 Å². The Bertz CT molecular complexity index is 6750. The van der Waals surface area contributed by atoms with Crippen molar-refractivity contribution in [1.29, 1.82) is 0 Å². The molecule has 0 N–H and O–H groups in total. The number of carbonyl (C=O) groups is 3. The second-order valence-corrected chi connectivity index (χ2v) is 34.5. The molecule has 0 radical (unpaired) electrons. The number of hydrogen-bond acceptors (Lipinski definition) is 20. The zero-order chi connectivity index (χ0) is 84.7. The fraction of sp³-hybridized carbons (Fsp3) is 0.202. The lowest BCUT2D eigenvalue weighted by molar-refractivity contribution is -0.117. The van der Waals surface area contributed by atoms with Gasteiger partial charge < -0.3 is 37.1 Å². The topological polar surface area (TPSA) is 294 Å². The van der Waals surface area contributed by atoms with Crippen LogP contribution in [0.1, 0.15) is 58.4 Å². The molecule has 32 heteroatoms. The number of morpholine rings is 1. The number of aryl methyl sites for hydroxylation is 3. The second-order valence-electron chi connectivity index (χ2n) is 28.7. The highest BCUT2D eigenvalue weighted by Gasteiger charge is 2.32. The van der Waals surface area contributed by atoms with Gasteiger partial charge in [0, 0.05) is 141 Å². The third-order valence-electron chi connectivity index (χ3n) is 19.6. The van der Waals surface area contributed by atoms with Crippen LogP contribution in [0.15, 0.2) is 243 Å². The maximum atomic E-state index is 15.1. The van der Waals surface area contributed by atoms with Crippen LogP contribution in [0.25, 0.3) is 66.1 Å². The number of Topliss-reactive ketones (excluding diaryl/α,β-unsaturated/α-hetero) is 3. The molecule has 23 nitrogen and oxygen atoms in total. The Hall–Kier alpha value is -13.0. The summed E-state index contributed by atoms with van der Waals surface area (Å²) in [4.78, 5) is 56.0. The molecular weight excluding hydrogens is 1630 g/mol. The summed E-state index contributed by atoms with van der Waals surface area (Å²) >= 11 is 0. The van der Waals surface area contributed by atoms with Crippen molar-refractivity contribution in [2.45, 2.75) is 81.8 Å². The summed E-state index contributed by atoms with van der Waals surface area (Å²) in [6.45, 7) is 8.48. The first-order chi connectivity index (χ1) is 57.5. The highest BCUT2D eigenvalue weighted by Crippen LogP contribution is 2.37. The van der Waals surface area contributed by atoms with Gasteiger partial charge in [0.2, 0.25) is 5.88 Å². The van der Waals surface area contributed by atoms with Crippen molar-refractivity contribution in [2.75, 3.05) is 55.6 Å². The Morgan fingerprint density at radius 1 is 0.430 bits per heavy atom. The SMILES string of the molecule is C.COc1ncccc1-c1cccc(Cn2cc(S(=O)(=O)CC(=O)Cc3ccccn3)c3c(F)cc(F)cc32)c1.Cc1cc(CC(=O)CS(=O)(=O)c2cn(Cc3cccc(-c4ccc(N5CCOCC5)nc4)c3)c3cc(F)cc(F)c23)no1.Cc1ccc(-c2cccc(Cn3cc(S(=O)(=O)CC(=O)Cc4cc(C)on4)c4c(F)cc(F)cc43)c2)cn1. The summed E-state index contributed by atoms with van der Waals surface area (Å²) in [7, 11) is -11.3. The van der Waals surface area contributed by atoms with E-state index in [2.05, 4.69) is 35.1 Å². The zero-order valence-corrected chi connectivity index (χ0v) is 67.2. The van der Waals surface area contributed by atoms with Crippen molar-refractivity contribution < 1.29 is 84.5 Å². The third-order valence-corrected chi connectivity index (χ3v) is 24.7. The first-order valence-electron chi connectivity index (χ1n) is 37.4. The average molecular weight is 1710 g/mol. The van der Waals surface area contributed by atoms with Crippen LogP contribution in [0.2, 0.25) is 0 Å². The van der Waals surface area contributed by atoms with Crippen molar-refractivity contribution in [3.63, 3.8) is 0 Å². The van der Waals surface area contributed by atoms with Crippen molar-refractivity contribution in [3.8, 4) is 39.3 Å². The van der Waals surface area contributed by atoms with Crippen molar-refractivity contribution in [2.24, 2.45) is 0 Å². The number of rotatable bonds is 26. The van der Waals surface area contributed by atoms with E-state index in [-0.39, 0.29) is 93.7 Å². The molecule has 1 saturated heterocycles. The fourth-order valence-electron chi connectivity index (χ4n) is 14.2. The third kappa shape index (κ3) is 20.3. The standard InChI is InChI=1S/C31H28F2N4O5S.C29H23F2N3O4S.C28H23F2N3O4S.CH4/c1-20-11-25(35-42-20)15-26(38)19-43(39,40)29-18-37(28-14-24(32)13-27(33)31(28)29)17-21-3-2-4-22(12-21)23-5-6-30(34-16-23)36-7-9-41-10-8-36;1-38-29-24(9-5-11-33-29)20-7-4-6-19(12-20)16-34-17-27(28-25(31)13-21(30)14-26(28)34)39(36,37)18-23(35)15-22-8-2-3-10-32-22;1-17-6-7-21(13-31-17)20-5-3-4-19(9-20)14-33-15-27(28-25(30)10-22(29)11-26(28)33)38(35,36)16-24(34)12-23-8-18(2)37-32-23;/h2-6,11-14,16,18H,7-10,15,17,19H2,1H3;2-14,17H,15-16,18H2,1H3;3-11,13,15H,12,14,16H2,1-2H3;1H4. The monoisotopic (exact) mass is 1700 g/mol. The molecule has 0 aliphatic carbocycles. The van der Waals surface area contributed by atoms with E-state index in [1.165, 1.54) is 45.6 Å². The molecule has 1 fully saturated rings. The molecule has 9 aromatic heterocycles. The molecule has 622 valence electrons. The van der Waals surface area contributed by atoms with Crippen molar-refractivity contribution >= 4 is 85.4 Å². The number of anilines is 1. The van der Waals surface area contributed by atoms with E-state index in [4.69, 9.17) is 18.5 Å². The molecule has 16 rings (SSSR count). The second kappa shape index (κ2) is 36.7. The number of sulfone groups is 3. The molecule has 10 heterocycles. The van der Waals surface area contributed by atoms with E-state index >= 15 is 8.78 Å². The van der Waals surface area contributed by atoms with Gasteiger partial charge >= 0.3 is 0 Å². The average Bonchev–Trinajstić information content (AvgIpc) is 1.80. The predicted octanol–water partition coefficient (Wildman–Crippen LogP) is 15.6. The van der Waals surface area contributed by atoms with Crippen LogP contribution in [0, 0.1) is 55.7 Å². The summed E-state index contributed by atoms with van der Waals surface area (Å²) in [5.74, 6) is -7.69. The Morgan fingerprint density at radius 3 is 1.25 bits per heavy atom. The van der Waals surface area contributed by atoms with Gasteiger partial charge in [0.1, 0.15) is 69.5 Å². The maximum absolute atomic E-state index is 15.1. The van der Waals surface area contributed by atoms with Gasteiger partial charge in [0.15, 0.2) is 46.9 Å². The van der Waals surface area contributed by atoms with Crippen LogP contribution in [0.4, 0.5) is 32.2 Å². The quantitative estimate of drug-likeness (QED) is 0.0455. The zero-order valence-electron chi connectivity index (χ0n) is 64.7. The van der Waals surface area contributed by atoms with Gasteiger partial charge in [-0.15, -0.1) is 0 Å². The van der Waals surface area contributed by atoms with E-state index < -0.39 is 99.0 Å². The fourth-order valence-corrected chi connectivity index (χ4v) is 18.7. The number of hydrogen-bond donors (Lipinski definition) is 0. The number of ketones is 3. The highest BCUT2D eigenvalue weighted by molar-refractivity contribution is 7.93. The number of ether oxygens (including phenoxy) is 2. The Morgan fingerprint density at radius 2 is 0.851 bits per heavy atom.